The molecule has 0 aromatic heterocycles. The SMILES string of the molecule is COc1ccc(CN2C(=O)C3=C(C(=O)C4CC(C)CCC4O3)C2c2cccc(O)c2)cc1. The Morgan fingerprint density at radius 2 is 1.91 bits per heavy atom. The van der Waals surface area contributed by atoms with Crippen LogP contribution in [0.3, 0.4) is 0 Å². The number of nitrogens with zero attached hydrogens (tertiary/aromatic N) is 1. The molecule has 4 atom stereocenters. The second-order valence-corrected chi connectivity index (χ2v) is 9.07. The molecule has 6 nitrogen and oxygen atoms in total. The van der Waals surface area contributed by atoms with Gasteiger partial charge in [0.15, 0.2) is 11.5 Å². The van der Waals surface area contributed by atoms with Gasteiger partial charge in [-0.05, 0) is 60.6 Å². The third kappa shape index (κ3) is 3.44. The molecule has 1 N–H and O–H groups in total. The summed E-state index contributed by atoms with van der Waals surface area (Å²) in [6.45, 7) is 2.48. The molecule has 1 fully saturated rings. The highest BCUT2D eigenvalue weighted by molar-refractivity contribution is 6.11. The van der Waals surface area contributed by atoms with Gasteiger partial charge in [0.25, 0.3) is 5.91 Å². The number of fused-ring (bicyclic) bond motifs is 1. The van der Waals surface area contributed by atoms with E-state index in [2.05, 4.69) is 6.92 Å². The lowest BCUT2D eigenvalue weighted by Crippen LogP contribution is -2.41. The van der Waals surface area contributed by atoms with Crippen molar-refractivity contribution in [1.82, 2.24) is 4.90 Å². The molecular weight excluding hydrogens is 406 g/mol. The van der Waals surface area contributed by atoms with Gasteiger partial charge < -0.3 is 19.5 Å². The third-order valence-corrected chi connectivity index (χ3v) is 6.90. The van der Waals surface area contributed by atoms with E-state index in [9.17, 15) is 14.7 Å². The quantitative estimate of drug-likeness (QED) is 0.784. The first-order valence-electron chi connectivity index (χ1n) is 11.1. The first-order valence-corrected chi connectivity index (χ1v) is 11.1. The highest BCUT2D eigenvalue weighted by atomic mass is 16.5. The van der Waals surface area contributed by atoms with Crippen LogP contribution >= 0.6 is 0 Å². The number of rotatable bonds is 4. The van der Waals surface area contributed by atoms with Crippen molar-refractivity contribution in [3.8, 4) is 11.5 Å². The number of phenolic OH excluding ortho intramolecular Hbond substituents is 1. The minimum Gasteiger partial charge on any atom is -0.508 e. The minimum absolute atomic E-state index is 0.0155. The lowest BCUT2D eigenvalue weighted by Gasteiger charge is -2.37. The zero-order valence-electron chi connectivity index (χ0n) is 18.3. The largest absolute Gasteiger partial charge is 0.508 e. The average Bonchev–Trinajstić information content (AvgIpc) is 3.07. The smallest absolute Gasteiger partial charge is 0.290 e. The summed E-state index contributed by atoms with van der Waals surface area (Å²) in [7, 11) is 1.61. The highest BCUT2D eigenvalue weighted by Crippen LogP contribution is 2.48. The van der Waals surface area contributed by atoms with Crippen molar-refractivity contribution in [3.63, 3.8) is 0 Å². The fraction of sp³-hybridized carbons (Fsp3) is 0.385. The van der Waals surface area contributed by atoms with E-state index >= 15 is 0 Å². The van der Waals surface area contributed by atoms with Crippen LogP contribution in [-0.4, -0.2) is 34.9 Å². The second kappa shape index (κ2) is 8.01. The van der Waals surface area contributed by atoms with Gasteiger partial charge in [-0.2, -0.15) is 0 Å². The predicted octanol–water partition coefficient (Wildman–Crippen LogP) is 4.14. The molecular formula is C26H27NO5. The summed E-state index contributed by atoms with van der Waals surface area (Å²) in [5.74, 6) is 1.01. The predicted molar refractivity (Wildman–Crippen MR) is 118 cm³/mol. The number of hydrogen-bond acceptors (Lipinski definition) is 5. The molecule has 4 unspecified atom stereocenters. The molecule has 2 heterocycles. The average molecular weight is 434 g/mol. The van der Waals surface area contributed by atoms with E-state index in [0.717, 1.165) is 30.6 Å². The lowest BCUT2D eigenvalue weighted by atomic mass is 9.74. The van der Waals surface area contributed by atoms with Crippen LogP contribution in [-0.2, 0) is 20.9 Å². The monoisotopic (exact) mass is 433 g/mol. The normalized spacial score (nSPS) is 27.1. The van der Waals surface area contributed by atoms with E-state index in [1.165, 1.54) is 0 Å². The Kier molecular flexibility index (Phi) is 5.16. The van der Waals surface area contributed by atoms with Crippen LogP contribution in [0.4, 0.5) is 0 Å². The Morgan fingerprint density at radius 3 is 2.62 bits per heavy atom. The Bertz CT molecular complexity index is 1090. The van der Waals surface area contributed by atoms with Gasteiger partial charge in [-0.15, -0.1) is 0 Å². The Labute approximate surface area is 187 Å². The molecule has 6 heteroatoms. The van der Waals surface area contributed by atoms with Crippen molar-refractivity contribution in [1.29, 1.82) is 0 Å². The van der Waals surface area contributed by atoms with Gasteiger partial charge in [-0.1, -0.05) is 31.2 Å². The maximum atomic E-state index is 13.7. The van der Waals surface area contributed by atoms with E-state index in [1.54, 1.807) is 30.2 Å². The van der Waals surface area contributed by atoms with Crippen LogP contribution in [0.2, 0.25) is 0 Å². The Morgan fingerprint density at radius 1 is 1.12 bits per heavy atom. The molecule has 5 rings (SSSR count). The summed E-state index contributed by atoms with van der Waals surface area (Å²) in [5, 5.41) is 10.1. The molecule has 166 valence electrons. The second-order valence-electron chi connectivity index (χ2n) is 9.07. The van der Waals surface area contributed by atoms with Crippen molar-refractivity contribution < 1.29 is 24.2 Å². The van der Waals surface area contributed by atoms with Crippen molar-refractivity contribution in [2.45, 2.75) is 44.9 Å². The first-order chi connectivity index (χ1) is 15.5. The number of benzene rings is 2. The van der Waals surface area contributed by atoms with E-state index in [0.29, 0.717) is 23.6 Å². The summed E-state index contributed by atoms with van der Waals surface area (Å²) in [6.07, 6.45) is 2.33. The molecule has 2 aromatic rings. The van der Waals surface area contributed by atoms with Crippen LogP contribution in [0.1, 0.15) is 43.4 Å². The molecule has 1 saturated carbocycles. The molecule has 0 bridgehead atoms. The molecule has 1 aliphatic carbocycles. The molecule has 2 aliphatic heterocycles. The van der Waals surface area contributed by atoms with Crippen LogP contribution in [0, 0.1) is 11.8 Å². The van der Waals surface area contributed by atoms with Crippen LogP contribution in [0.5, 0.6) is 11.5 Å². The van der Waals surface area contributed by atoms with Crippen LogP contribution < -0.4 is 4.74 Å². The van der Waals surface area contributed by atoms with Crippen LogP contribution in [0.25, 0.3) is 0 Å². The van der Waals surface area contributed by atoms with Gasteiger partial charge in [-0.3, -0.25) is 9.59 Å². The van der Waals surface area contributed by atoms with E-state index in [4.69, 9.17) is 9.47 Å². The number of phenols is 1. The number of methoxy groups -OCH3 is 1. The molecule has 2 aromatic carbocycles. The Hall–Kier alpha value is -3.28. The van der Waals surface area contributed by atoms with Crippen molar-refractivity contribution in [2.24, 2.45) is 11.8 Å². The van der Waals surface area contributed by atoms with E-state index in [1.807, 2.05) is 30.3 Å². The van der Waals surface area contributed by atoms with Gasteiger partial charge in [0.1, 0.15) is 17.6 Å². The van der Waals surface area contributed by atoms with Gasteiger partial charge in [0.2, 0.25) is 0 Å². The topological polar surface area (TPSA) is 76.1 Å². The zero-order valence-corrected chi connectivity index (χ0v) is 18.3. The number of carbonyl (C=O) groups is 2. The maximum Gasteiger partial charge on any atom is 0.290 e. The number of hydrogen-bond donors (Lipinski definition) is 1. The number of ether oxygens (including phenoxy) is 2. The highest BCUT2D eigenvalue weighted by Gasteiger charge is 2.52. The summed E-state index contributed by atoms with van der Waals surface area (Å²) in [6, 6.07) is 13.7. The fourth-order valence-electron chi connectivity index (χ4n) is 5.26. The molecule has 1 amide bonds. The van der Waals surface area contributed by atoms with Crippen molar-refractivity contribution >= 4 is 11.7 Å². The van der Waals surface area contributed by atoms with Gasteiger partial charge >= 0.3 is 0 Å². The number of ketones is 1. The van der Waals surface area contributed by atoms with Crippen molar-refractivity contribution in [3.05, 3.63) is 71.0 Å². The molecule has 0 radical (unpaired) electrons. The van der Waals surface area contributed by atoms with E-state index < -0.39 is 6.04 Å². The summed E-state index contributed by atoms with van der Waals surface area (Å²) >= 11 is 0. The summed E-state index contributed by atoms with van der Waals surface area (Å²) in [5.41, 5.74) is 2.06. The van der Waals surface area contributed by atoms with Gasteiger partial charge in [-0.25, -0.2) is 0 Å². The summed E-state index contributed by atoms with van der Waals surface area (Å²) in [4.78, 5) is 28.9. The first kappa shape index (κ1) is 20.6. The Balaban J connectivity index is 1.55. The summed E-state index contributed by atoms with van der Waals surface area (Å²) < 4.78 is 11.5. The third-order valence-electron chi connectivity index (χ3n) is 6.90. The lowest BCUT2D eigenvalue weighted by molar-refractivity contribution is -0.136. The molecule has 3 aliphatic rings. The number of Topliss-reactive ketones (excluding diaryl/α,β-unsaturated/α-hetero) is 1. The molecule has 0 spiro atoms. The van der Waals surface area contributed by atoms with Crippen molar-refractivity contribution in [2.75, 3.05) is 7.11 Å². The standard InChI is InChI=1S/C26H27NO5/c1-15-6-11-21-20(12-15)24(29)22-23(17-4-3-5-18(28)13-17)27(26(30)25(22)32-21)14-16-7-9-19(31-2)10-8-16/h3-5,7-10,13,15,20-21,23,28H,6,11-12,14H2,1-2H3. The number of carbonyl (C=O) groups excluding carboxylic acids is 2. The number of amides is 1. The van der Waals surface area contributed by atoms with Gasteiger partial charge in [0.05, 0.1) is 24.6 Å². The maximum absolute atomic E-state index is 13.7. The zero-order chi connectivity index (χ0) is 22.4. The fourth-order valence-corrected chi connectivity index (χ4v) is 5.26. The minimum atomic E-state index is -0.586. The molecule has 32 heavy (non-hydrogen) atoms. The van der Waals surface area contributed by atoms with Crippen LogP contribution in [0.15, 0.2) is 59.9 Å². The van der Waals surface area contributed by atoms with E-state index in [-0.39, 0.29) is 35.2 Å². The number of aromatic hydroxyl groups is 1. The van der Waals surface area contributed by atoms with Gasteiger partial charge in [0, 0.05) is 6.54 Å². The molecule has 0 saturated heterocycles.